The number of alkyl carbamates (subject to hydrolysis) is 2. The van der Waals surface area contributed by atoms with Gasteiger partial charge in [0.1, 0.15) is 52.9 Å². The molecule has 5 amide bonds. The molecule has 1 aliphatic carbocycles. The highest BCUT2D eigenvalue weighted by Crippen LogP contribution is 2.35. The first-order chi connectivity index (χ1) is 32.4. The average Bonchev–Trinajstić information content (AvgIpc) is 3.22. The van der Waals surface area contributed by atoms with E-state index in [1.165, 1.54) is 14.0 Å². The lowest BCUT2D eigenvalue weighted by atomic mass is 9.82. The summed E-state index contributed by atoms with van der Waals surface area (Å²) in [7, 11) is 1.30. The third kappa shape index (κ3) is 18.6. The Morgan fingerprint density at radius 3 is 1.99 bits per heavy atom. The molecule has 0 aromatic carbocycles. The number of nitrogens with one attached hydrogen (secondary N) is 5. The van der Waals surface area contributed by atoms with E-state index < -0.39 is 139 Å². The Balaban J connectivity index is 1.67. The molecule has 0 aromatic heterocycles. The van der Waals surface area contributed by atoms with Gasteiger partial charge >= 0.3 is 24.4 Å². The highest BCUT2D eigenvalue weighted by atomic mass is 16.7. The third-order valence-electron chi connectivity index (χ3n) is 11.5. The normalized spacial score (nSPS) is 32.4. The molecule has 0 aromatic rings. The molecular weight excluding hydrogens is 929 g/mol. The van der Waals surface area contributed by atoms with E-state index in [9.17, 15) is 49.5 Å². The second-order valence-corrected chi connectivity index (χ2v) is 21.4. The van der Waals surface area contributed by atoms with Crippen LogP contribution in [0, 0.1) is 0 Å². The summed E-state index contributed by atoms with van der Waals surface area (Å²) in [4.78, 5) is 65.9. The van der Waals surface area contributed by atoms with Crippen LogP contribution in [0.15, 0.2) is 0 Å². The van der Waals surface area contributed by atoms with Gasteiger partial charge in [0.25, 0.3) is 5.91 Å². The molecule has 0 bridgehead atoms. The molecule has 1 saturated carbocycles. The van der Waals surface area contributed by atoms with Crippen LogP contribution in [-0.4, -0.2) is 209 Å². The monoisotopic (exact) mass is 1010 g/mol. The van der Waals surface area contributed by atoms with Crippen LogP contribution in [0.1, 0.15) is 108 Å². The summed E-state index contributed by atoms with van der Waals surface area (Å²) in [6.45, 7) is 16.6. The van der Waals surface area contributed by atoms with Crippen molar-refractivity contribution in [2.45, 2.75) is 210 Å². The van der Waals surface area contributed by atoms with E-state index in [0.717, 1.165) is 24.2 Å². The van der Waals surface area contributed by atoms with Crippen molar-refractivity contribution in [3.05, 3.63) is 0 Å². The number of rotatable bonds is 17. The van der Waals surface area contributed by atoms with Crippen LogP contribution in [0.3, 0.4) is 0 Å². The summed E-state index contributed by atoms with van der Waals surface area (Å²) < 4.78 is 52.7. The van der Waals surface area contributed by atoms with Crippen LogP contribution in [-0.2, 0) is 47.4 Å². The lowest BCUT2D eigenvalue weighted by molar-refractivity contribution is -0.314. The van der Waals surface area contributed by atoms with Crippen molar-refractivity contribution in [2.75, 3.05) is 46.5 Å². The smallest absolute Gasteiger partial charge is 0.410 e. The lowest BCUT2D eigenvalue weighted by Crippen LogP contribution is -2.71. The molecule has 3 saturated heterocycles. The molecule has 70 heavy (non-hydrogen) atoms. The van der Waals surface area contributed by atoms with Crippen molar-refractivity contribution >= 4 is 30.3 Å². The number of likely N-dealkylation sites (N-methyl/N-ethyl adjacent to an activating group) is 1. The van der Waals surface area contributed by atoms with Gasteiger partial charge in [0, 0.05) is 26.7 Å². The zero-order valence-corrected chi connectivity index (χ0v) is 42.4. The van der Waals surface area contributed by atoms with Crippen molar-refractivity contribution in [3.63, 3.8) is 0 Å². The summed E-state index contributed by atoms with van der Waals surface area (Å²) in [6, 6.07) is -5.07. The quantitative estimate of drug-likeness (QED) is 0.0710. The van der Waals surface area contributed by atoms with Gasteiger partial charge in [-0.15, -0.1) is 0 Å². The van der Waals surface area contributed by atoms with Gasteiger partial charge in [0.15, 0.2) is 18.9 Å². The third-order valence-corrected chi connectivity index (χ3v) is 11.5. The van der Waals surface area contributed by atoms with E-state index in [4.69, 9.17) is 42.6 Å². The predicted octanol–water partition coefficient (Wildman–Crippen LogP) is 0.763. The molecule has 3 heterocycles. The zero-order valence-electron chi connectivity index (χ0n) is 42.4. The van der Waals surface area contributed by atoms with Gasteiger partial charge in [0.2, 0.25) is 0 Å². The number of aliphatic hydroxyl groups excluding tert-OH is 3. The SMILES string of the molecule is CN(C(=O)OC(C)(C)C)[C@@H]1[C@@H](O)[C@@H](O[C@@H]2[C@@H](O)[C@H](O[C@H]3O[C@H](CNCCOC4CCCCO4)CC[C@H]3NC(=O)O)[C@@H](NC(=O)OC(C)(C)C)C[C@H]2NC(=O)[C@@H](O)CNC(=O)OC(C)(C)C)OC[C@]1(C)O. The number of carboxylic acid groups (broad SMARTS) is 1. The number of hydrogen-bond donors (Lipinski definition) is 10. The largest absolute Gasteiger partial charge is 0.465 e. The van der Waals surface area contributed by atoms with Gasteiger partial charge in [-0.2, -0.15) is 0 Å². The fourth-order valence-corrected chi connectivity index (χ4v) is 8.44. The van der Waals surface area contributed by atoms with E-state index in [2.05, 4.69) is 26.6 Å². The number of hydrogen-bond acceptors (Lipinski definition) is 19. The molecular formula is C45H80N6O19. The van der Waals surface area contributed by atoms with Crippen LogP contribution in [0.4, 0.5) is 19.2 Å². The Kier molecular flexibility index (Phi) is 21.1. The molecule has 3 aliphatic heterocycles. The highest BCUT2D eigenvalue weighted by Gasteiger charge is 2.55. The Labute approximate surface area is 409 Å². The van der Waals surface area contributed by atoms with Crippen LogP contribution >= 0.6 is 0 Å². The minimum absolute atomic E-state index is 0.227. The fourth-order valence-electron chi connectivity index (χ4n) is 8.44. The summed E-state index contributed by atoms with van der Waals surface area (Å²) in [5.74, 6) is -1.07. The summed E-state index contributed by atoms with van der Waals surface area (Å²) in [6.07, 6.45) is -13.9. The summed E-state index contributed by atoms with van der Waals surface area (Å²) in [5.41, 5.74) is -4.73. The van der Waals surface area contributed by atoms with Crippen molar-refractivity contribution in [3.8, 4) is 0 Å². The summed E-state index contributed by atoms with van der Waals surface area (Å²) in [5, 5.41) is 69.9. The molecule has 10 N–H and O–H groups in total. The molecule has 25 heteroatoms. The van der Waals surface area contributed by atoms with Crippen molar-refractivity contribution in [1.29, 1.82) is 0 Å². The maximum Gasteiger partial charge on any atom is 0.410 e. The van der Waals surface area contributed by atoms with E-state index in [1.807, 2.05) is 0 Å². The molecule has 404 valence electrons. The average molecular weight is 1010 g/mol. The molecule has 14 atom stereocenters. The first kappa shape index (κ1) is 58.7. The van der Waals surface area contributed by atoms with Crippen molar-refractivity contribution in [1.82, 2.24) is 31.5 Å². The molecule has 4 fully saturated rings. The van der Waals surface area contributed by atoms with Gasteiger partial charge in [0.05, 0.1) is 50.0 Å². The standard InChI is InChI=1S/C45H80N6O19/c1-42(2,3)68-39(58)47-22-28(52)35(55)48-26-20-27(50-40(59)69-43(4,5)6)33(30(53)32(26)67-37-31(54)34(45(10,61)23-64-37)51(11)41(60)70-44(7,8)9)66-36-25(49-38(56)57)16-15-24(65-36)21-46-17-19-63-29-14-12-13-18-62-29/h24-34,36-37,46,49,52-54,61H,12-23H2,1-11H3,(H,47,58)(H,48,55)(H,50,59)(H,56,57)/t24-,25+,26+,27-,28-,29?,30+,31+,32-,33+,34+,36+,37+,45-/m0/s1. The second kappa shape index (κ2) is 25.2. The van der Waals surface area contributed by atoms with Crippen molar-refractivity contribution in [2.24, 2.45) is 0 Å². The first-order valence-corrected chi connectivity index (χ1v) is 23.9. The van der Waals surface area contributed by atoms with Crippen LogP contribution in [0.5, 0.6) is 0 Å². The van der Waals surface area contributed by atoms with E-state index in [0.29, 0.717) is 32.7 Å². The van der Waals surface area contributed by atoms with Crippen LogP contribution in [0.25, 0.3) is 0 Å². The number of amides is 5. The van der Waals surface area contributed by atoms with E-state index >= 15 is 0 Å². The Morgan fingerprint density at radius 1 is 0.771 bits per heavy atom. The number of nitrogens with zero attached hydrogens (tertiary/aromatic N) is 1. The van der Waals surface area contributed by atoms with E-state index in [-0.39, 0.29) is 19.1 Å². The number of aliphatic hydroxyl groups is 4. The minimum atomic E-state index is -1.91. The maximum absolute atomic E-state index is 13.7. The van der Waals surface area contributed by atoms with Crippen LogP contribution in [0.2, 0.25) is 0 Å². The molecule has 4 rings (SSSR count). The number of ether oxygens (including phenoxy) is 9. The number of carbonyl (C=O) groups is 5. The Morgan fingerprint density at radius 2 is 1.39 bits per heavy atom. The molecule has 25 nitrogen and oxygen atoms in total. The molecule has 0 radical (unpaired) electrons. The van der Waals surface area contributed by atoms with Crippen molar-refractivity contribution < 1.29 is 92.1 Å². The Bertz CT molecular complexity index is 1720. The highest BCUT2D eigenvalue weighted by molar-refractivity contribution is 5.82. The maximum atomic E-state index is 13.7. The Hall–Kier alpha value is -3.89. The second-order valence-electron chi connectivity index (χ2n) is 21.4. The van der Waals surface area contributed by atoms with Gasteiger partial charge < -0.3 is 99.6 Å². The molecule has 1 unspecified atom stereocenters. The summed E-state index contributed by atoms with van der Waals surface area (Å²) >= 11 is 0. The molecule has 4 aliphatic rings. The predicted molar refractivity (Wildman–Crippen MR) is 245 cm³/mol. The van der Waals surface area contributed by atoms with E-state index in [1.54, 1.807) is 62.3 Å². The van der Waals surface area contributed by atoms with Gasteiger partial charge in [-0.05, 0) is 108 Å². The zero-order chi connectivity index (χ0) is 52.4. The van der Waals surface area contributed by atoms with Gasteiger partial charge in [-0.25, -0.2) is 19.2 Å². The van der Waals surface area contributed by atoms with Gasteiger partial charge in [-0.1, -0.05) is 0 Å². The fraction of sp³-hybridized carbons (Fsp3) is 0.889. The van der Waals surface area contributed by atoms with Crippen LogP contribution < -0.4 is 26.6 Å². The lowest BCUT2D eigenvalue weighted by Gasteiger charge is -2.51. The minimum Gasteiger partial charge on any atom is -0.465 e. The first-order valence-electron chi connectivity index (χ1n) is 23.9. The van der Waals surface area contributed by atoms with Gasteiger partial charge in [-0.3, -0.25) is 4.79 Å². The molecule has 0 spiro atoms. The number of carbonyl (C=O) groups excluding carboxylic acids is 4. The topological polar surface area (TPSA) is 333 Å².